The summed E-state index contributed by atoms with van der Waals surface area (Å²) in [7, 11) is 0. The Labute approximate surface area is 98.1 Å². The number of carbonyl (C=O) groups is 1. The minimum atomic E-state index is 0.171. The van der Waals surface area contributed by atoms with Gasteiger partial charge in [-0.3, -0.25) is 4.79 Å². The quantitative estimate of drug-likeness (QED) is 0.607. The van der Waals surface area contributed by atoms with E-state index in [1.54, 1.807) is 0 Å². The molecule has 1 rings (SSSR count). The molecule has 1 amide bonds. The predicted octanol–water partition coefficient (Wildman–Crippen LogP) is 0.919. The van der Waals surface area contributed by atoms with E-state index in [0.717, 1.165) is 52.1 Å². The summed E-state index contributed by atoms with van der Waals surface area (Å²) in [6.07, 6.45) is 3.86. The Morgan fingerprint density at radius 1 is 1.38 bits per heavy atom. The highest BCUT2D eigenvalue weighted by molar-refractivity contribution is 5.75. The van der Waals surface area contributed by atoms with Crippen LogP contribution in [0.2, 0.25) is 0 Å². The third-order valence-electron chi connectivity index (χ3n) is 2.85. The van der Waals surface area contributed by atoms with Crippen LogP contribution in [0.1, 0.15) is 32.6 Å². The number of carbonyl (C=O) groups excluding carboxylic acids is 1. The molecule has 1 aliphatic rings. The van der Waals surface area contributed by atoms with E-state index in [0.29, 0.717) is 12.3 Å². The maximum Gasteiger partial charge on any atom is 0.220 e. The second-order valence-corrected chi connectivity index (χ2v) is 4.37. The topological polar surface area (TPSA) is 50.4 Å². The standard InChI is InChI=1S/C12H24N2O2/c1-2-6-13-7-8-14-12(15)4-3-11-5-9-16-10-11/h11,13H,2-10H2,1H3,(H,14,15). The molecule has 0 aromatic heterocycles. The molecule has 94 valence electrons. The Bertz CT molecular complexity index is 191. The lowest BCUT2D eigenvalue weighted by atomic mass is 10.0. The van der Waals surface area contributed by atoms with E-state index in [4.69, 9.17) is 4.74 Å². The highest BCUT2D eigenvalue weighted by Crippen LogP contribution is 2.17. The summed E-state index contributed by atoms with van der Waals surface area (Å²) in [6.45, 7) is 6.47. The van der Waals surface area contributed by atoms with Crippen molar-refractivity contribution in [3.63, 3.8) is 0 Å². The number of hydrogen-bond acceptors (Lipinski definition) is 3. The molecule has 0 saturated carbocycles. The van der Waals surface area contributed by atoms with E-state index >= 15 is 0 Å². The lowest BCUT2D eigenvalue weighted by Crippen LogP contribution is -2.32. The van der Waals surface area contributed by atoms with Crippen LogP contribution >= 0.6 is 0 Å². The molecule has 1 unspecified atom stereocenters. The lowest BCUT2D eigenvalue weighted by molar-refractivity contribution is -0.121. The molecule has 2 N–H and O–H groups in total. The van der Waals surface area contributed by atoms with E-state index in [9.17, 15) is 4.79 Å². The second kappa shape index (κ2) is 8.53. The van der Waals surface area contributed by atoms with Gasteiger partial charge in [0.05, 0.1) is 0 Å². The van der Waals surface area contributed by atoms with Crippen LogP contribution in [-0.2, 0) is 9.53 Å². The number of amides is 1. The largest absolute Gasteiger partial charge is 0.381 e. The Morgan fingerprint density at radius 3 is 2.94 bits per heavy atom. The summed E-state index contributed by atoms with van der Waals surface area (Å²) < 4.78 is 5.27. The number of ether oxygens (including phenoxy) is 1. The van der Waals surface area contributed by atoms with Gasteiger partial charge in [0.1, 0.15) is 0 Å². The van der Waals surface area contributed by atoms with Crippen LogP contribution in [0.3, 0.4) is 0 Å². The second-order valence-electron chi connectivity index (χ2n) is 4.37. The summed E-state index contributed by atoms with van der Waals surface area (Å²) in [6, 6.07) is 0. The molecule has 1 fully saturated rings. The first-order chi connectivity index (χ1) is 7.83. The molecule has 4 heteroatoms. The first kappa shape index (κ1) is 13.5. The fraction of sp³-hybridized carbons (Fsp3) is 0.917. The molecule has 0 aromatic carbocycles. The van der Waals surface area contributed by atoms with Crippen molar-refractivity contribution in [3.05, 3.63) is 0 Å². The van der Waals surface area contributed by atoms with Gasteiger partial charge in [0.2, 0.25) is 5.91 Å². The number of hydrogen-bond donors (Lipinski definition) is 2. The zero-order chi connectivity index (χ0) is 11.6. The molecule has 4 nitrogen and oxygen atoms in total. The molecule has 16 heavy (non-hydrogen) atoms. The van der Waals surface area contributed by atoms with Crippen molar-refractivity contribution in [3.8, 4) is 0 Å². The zero-order valence-electron chi connectivity index (χ0n) is 10.3. The zero-order valence-corrected chi connectivity index (χ0v) is 10.3. The van der Waals surface area contributed by atoms with Crippen LogP contribution in [0.4, 0.5) is 0 Å². The fourth-order valence-electron chi connectivity index (χ4n) is 1.83. The van der Waals surface area contributed by atoms with E-state index in [-0.39, 0.29) is 5.91 Å². The van der Waals surface area contributed by atoms with Crippen molar-refractivity contribution >= 4 is 5.91 Å². The minimum absolute atomic E-state index is 0.171. The average Bonchev–Trinajstić information content (AvgIpc) is 2.79. The number of nitrogens with one attached hydrogen (secondary N) is 2. The number of rotatable bonds is 8. The Hall–Kier alpha value is -0.610. The van der Waals surface area contributed by atoms with Crippen molar-refractivity contribution in [2.45, 2.75) is 32.6 Å². The first-order valence-corrected chi connectivity index (χ1v) is 6.38. The van der Waals surface area contributed by atoms with Crippen molar-refractivity contribution in [1.29, 1.82) is 0 Å². The molecular weight excluding hydrogens is 204 g/mol. The van der Waals surface area contributed by atoms with Gasteiger partial charge in [0, 0.05) is 32.7 Å². The van der Waals surface area contributed by atoms with Gasteiger partial charge in [-0.05, 0) is 31.7 Å². The normalized spacial score (nSPS) is 19.9. The molecule has 0 bridgehead atoms. The average molecular weight is 228 g/mol. The Morgan fingerprint density at radius 2 is 2.25 bits per heavy atom. The maximum absolute atomic E-state index is 11.5. The highest BCUT2D eigenvalue weighted by Gasteiger charge is 2.16. The van der Waals surface area contributed by atoms with E-state index in [1.165, 1.54) is 0 Å². The summed E-state index contributed by atoms with van der Waals surface area (Å²) in [4.78, 5) is 11.5. The summed E-state index contributed by atoms with van der Waals surface area (Å²) >= 11 is 0. The Balaban J connectivity index is 1.90. The van der Waals surface area contributed by atoms with Crippen LogP contribution in [-0.4, -0.2) is 38.8 Å². The molecule has 0 aromatic rings. The molecule has 1 heterocycles. The third kappa shape index (κ3) is 6.08. The minimum Gasteiger partial charge on any atom is -0.381 e. The molecule has 0 spiro atoms. The summed E-state index contributed by atoms with van der Waals surface area (Å²) in [5, 5.41) is 6.18. The maximum atomic E-state index is 11.5. The SMILES string of the molecule is CCCNCCNC(=O)CCC1CCOC1. The van der Waals surface area contributed by atoms with Crippen LogP contribution < -0.4 is 10.6 Å². The van der Waals surface area contributed by atoms with Crippen molar-refractivity contribution < 1.29 is 9.53 Å². The van der Waals surface area contributed by atoms with Gasteiger partial charge in [-0.15, -0.1) is 0 Å². The van der Waals surface area contributed by atoms with Gasteiger partial charge in [-0.25, -0.2) is 0 Å². The molecule has 1 aliphatic heterocycles. The molecule has 1 saturated heterocycles. The Kier molecular flexibility index (Phi) is 7.17. The molecule has 0 radical (unpaired) electrons. The first-order valence-electron chi connectivity index (χ1n) is 6.38. The van der Waals surface area contributed by atoms with Gasteiger partial charge in [0.25, 0.3) is 0 Å². The van der Waals surface area contributed by atoms with Gasteiger partial charge in [-0.1, -0.05) is 6.92 Å². The highest BCUT2D eigenvalue weighted by atomic mass is 16.5. The molecule has 0 aliphatic carbocycles. The monoisotopic (exact) mass is 228 g/mol. The third-order valence-corrected chi connectivity index (χ3v) is 2.85. The van der Waals surface area contributed by atoms with Crippen LogP contribution in [0.15, 0.2) is 0 Å². The van der Waals surface area contributed by atoms with Gasteiger partial charge in [0.15, 0.2) is 0 Å². The molecular formula is C12H24N2O2. The van der Waals surface area contributed by atoms with Gasteiger partial charge in [-0.2, -0.15) is 0 Å². The van der Waals surface area contributed by atoms with E-state index < -0.39 is 0 Å². The summed E-state index contributed by atoms with van der Waals surface area (Å²) in [5.74, 6) is 0.772. The van der Waals surface area contributed by atoms with Crippen molar-refractivity contribution in [2.24, 2.45) is 5.92 Å². The van der Waals surface area contributed by atoms with Gasteiger partial charge < -0.3 is 15.4 Å². The lowest BCUT2D eigenvalue weighted by Gasteiger charge is -2.08. The summed E-state index contributed by atoms with van der Waals surface area (Å²) in [5.41, 5.74) is 0. The fourth-order valence-corrected chi connectivity index (χ4v) is 1.83. The predicted molar refractivity (Wildman–Crippen MR) is 64.3 cm³/mol. The van der Waals surface area contributed by atoms with E-state index in [2.05, 4.69) is 17.6 Å². The van der Waals surface area contributed by atoms with Gasteiger partial charge >= 0.3 is 0 Å². The van der Waals surface area contributed by atoms with Crippen LogP contribution in [0.25, 0.3) is 0 Å². The van der Waals surface area contributed by atoms with Crippen molar-refractivity contribution in [1.82, 2.24) is 10.6 Å². The molecule has 1 atom stereocenters. The van der Waals surface area contributed by atoms with Crippen molar-refractivity contribution in [2.75, 3.05) is 32.8 Å². The van der Waals surface area contributed by atoms with Crippen LogP contribution in [0, 0.1) is 5.92 Å². The van der Waals surface area contributed by atoms with E-state index in [1.807, 2.05) is 0 Å². The van der Waals surface area contributed by atoms with Crippen LogP contribution in [0.5, 0.6) is 0 Å². The smallest absolute Gasteiger partial charge is 0.220 e.